The Bertz CT molecular complexity index is 497. The van der Waals surface area contributed by atoms with E-state index < -0.39 is 0 Å². The summed E-state index contributed by atoms with van der Waals surface area (Å²) in [6.07, 6.45) is 3.84. The Hall–Kier alpha value is -0.330. The van der Waals surface area contributed by atoms with Crippen LogP contribution in [0.5, 0.6) is 5.75 Å². The lowest BCUT2D eigenvalue weighted by atomic mass is 9.94. The standard InChI is InChI=1S/C17H25BrN2O2.ClH/c1-21-17-6-5-13(18)9-12(17)10-20-15-4-2-3-14(15)16-11-22-8-7-19-16;/h5-6,9,14-16,19-20H,2-4,7-8,10-11H2,1H3;1H. The van der Waals surface area contributed by atoms with Crippen molar-refractivity contribution in [3.05, 3.63) is 28.2 Å². The summed E-state index contributed by atoms with van der Waals surface area (Å²) < 4.78 is 12.2. The van der Waals surface area contributed by atoms with Gasteiger partial charge in [0.2, 0.25) is 0 Å². The Kier molecular flexibility index (Phi) is 7.63. The topological polar surface area (TPSA) is 42.5 Å². The molecule has 6 heteroatoms. The lowest BCUT2D eigenvalue weighted by molar-refractivity contribution is 0.0524. The molecule has 2 fully saturated rings. The van der Waals surface area contributed by atoms with Gasteiger partial charge in [-0.15, -0.1) is 12.4 Å². The molecule has 3 atom stereocenters. The van der Waals surface area contributed by atoms with Crippen LogP contribution < -0.4 is 15.4 Å². The average Bonchev–Trinajstić information content (AvgIpc) is 3.02. The van der Waals surface area contributed by atoms with Crippen LogP contribution in [0.15, 0.2) is 22.7 Å². The highest BCUT2D eigenvalue weighted by atomic mass is 79.9. The van der Waals surface area contributed by atoms with Crippen molar-refractivity contribution in [2.45, 2.75) is 37.9 Å². The second kappa shape index (κ2) is 9.23. The molecule has 2 N–H and O–H groups in total. The average molecular weight is 406 g/mol. The molecule has 4 nitrogen and oxygen atoms in total. The van der Waals surface area contributed by atoms with E-state index in [1.165, 1.54) is 24.8 Å². The summed E-state index contributed by atoms with van der Waals surface area (Å²) >= 11 is 3.54. The Labute approximate surface area is 153 Å². The third-order valence-corrected chi connectivity index (χ3v) is 5.33. The lowest BCUT2D eigenvalue weighted by Gasteiger charge is -2.33. The van der Waals surface area contributed by atoms with Crippen LogP contribution in [0.25, 0.3) is 0 Å². The highest BCUT2D eigenvalue weighted by Crippen LogP contribution is 2.30. The Morgan fingerprint density at radius 1 is 1.39 bits per heavy atom. The van der Waals surface area contributed by atoms with E-state index in [0.29, 0.717) is 18.0 Å². The molecule has 3 rings (SSSR count). The van der Waals surface area contributed by atoms with Gasteiger partial charge in [-0.25, -0.2) is 0 Å². The highest BCUT2D eigenvalue weighted by Gasteiger charge is 2.34. The van der Waals surface area contributed by atoms with Crippen LogP contribution in [0.3, 0.4) is 0 Å². The fraction of sp³-hybridized carbons (Fsp3) is 0.647. The molecule has 2 aliphatic rings. The summed E-state index contributed by atoms with van der Waals surface area (Å²) in [6, 6.07) is 7.23. The quantitative estimate of drug-likeness (QED) is 0.790. The number of benzene rings is 1. The van der Waals surface area contributed by atoms with Crippen molar-refractivity contribution in [2.75, 3.05) is 26.9 Å². The molecular weight excluding hydrogens is 380 g/mol. The predicted molar refractivity (Wildman–Crippen MR) is 98.5 cm³/mol. The maximum Gasteiger partial charge on any atom is 0.123 e. The zero-order valence-corrected chi connectivity index (χ0v) is 15.9. The molecule has 0 radical (unpaired) electrons. The van der Waals surface area contributed by atoms with Gasteiger partial charge in [0.25, 0.3) is 0 Å². The van der Waals surface area contributed by atoms with Gasteiger partial charge in [0, 0.05) is 35.2 Å². The second-order valence-electron chi connectivity index (χ2n) is 6.17. The normalized spacial score (nSPS) is 27.5. The van der Waals surface area contributed by atoms with Gasteiger partial charge in [0.15, 0.2) is 0 Å². The first-order chi connectivity index (χ1) is 10.8. The summed E-state index contributed by atoms with van der Waals surface area (Å²) in [7, 11) is 1.73. The second-order valence-corrected chi connectivity index (χ2v) is 7.09. The molecule has 1 aliphatic heterocycles. The van der Waals surface area contributed by atoms with Crippen LogP contribution in [0, 0.1) is 5.92 Å². The van der Waals surface area contributed by atoms with Crippen LogP contribution in [-0.4, -0.2) is 39.0 Å². The van der Waals surface area contributed by atoms with Crippen molar-refractivity contribution in [3.8, 4) is 5.75 Å². The zero-order chi connectivity index (χ0) is 15.4. The SMILES string of the molecule is COc1ccc(Br)cc1CNC1CCCC1C1COCCN1.Cl. The fourth-order valence-electron chi connectivity index (χ4n) is 3.71. The minimum absolute atomic E-state index is 0. The summed E-state index contributed by atoms with van der Waals surface area (Å²) in [5.74, 6) is 1.61. The van der Waals surface area contributed by atoms with Gasteiger partial charge in [-0.2, -0.15) is 0 Å². The molecule has 1 saturated heterocycles. The summed E-state index contributed by atoms with van der Waals surface area (Å²) in [5, 5.41) is 7.37. The molecule has 1 aromatic rings. The van der Waals surface area contributed by atoms with Crippen LogP contribution in [0.1, 0.15) is 24.8 Å². The largest absolute Gasteiger partial charge is 0.496 e. The van der Waals surface area contributed by atoms with Crippen LogP contribution in [0.4, 0.5) is 0 Å². The predicted octanol–water partition coefficient (Wildman–Crippen LogP) is 3.13. The molecule has 0 aromatic heterocycles. The molecule has 1 heterocycles. The van der Waals surface area contributed by atoms with Gasteiger partial charge < -0.3 is 20.1 Å². The minimum atomic E-state index is 0. The molecule has 0 bridgehead atoms. The van der Waals surface area contributed by atoms with Crippen molar-refractivity contribution < 1.29 is 9.47 Å². The van der Waals surface area contributed by atoms with E-state index in [9.17, 15) is 0 Å². The minimum Gasteiger partial charge on any atom is -0.496 e. The maximum absolute atomic E-state index is 5.64. The van der Waals surface area contributed by atoms with Gasteiger partial charge >= 0.3 is 0 Å². The highest BCUT2D eigenvalue weighted by molar-refractivity contribution is 9.10. The summed E-state index contributed by atoms with van der Waals surface area (Å²) in [4.78, 5) is 0. The van der Waals surface area contributed by atoms with E-state index in [-0.39, 0.29) is 12.4 Å². The van der Waals surface area contributed by atoms with Crippen molar-refractivity contribution >= 4 is 28.3 Å². The molecule has 23 heavy (non-hydrogen) atoms. The van der Waals surface area contributed by atoms with Crippen LogP contribution >= 0.6 is 28.3 Å². The third-order valence-electron chi connectivity index (χ3n) is 4.83. The molecule has 0 spiro atoms. The van der Waals surface area contributed by atoms with E-state index in [4.69, 9.17) is 9.47 Å². The van der Waals surface area contributed by atoms with Gasteiger partial charge in [0.1, 0.15) is 5.75 Å². The number of hydrogen-bond acceptors (Lipinski definition) is 4. The van der Waals surface area contributed by atoms with E-state index in [1.54, 1.807) is 7.11 Å². The number of hydrogen-bond donors (Lipinski definition) is 2. The van der Waals surface area contributed by atoms with Gasteiger partial charge in [-0.1, -0.05) is 22.4 Å². The van der Waals surface area contributed by atoms with Crippen molar-refractivity contribution in [1.29, 1.82) is 0 Å². The maximum atomic E-state index is 5.64. The molecule has 1 aliphatic carbocycles. The first-order valence-electron chi connectivity index (χ1n) is 8.15. The van der Waals surface area contributed by atoms with Crippen molar-refractivity contribution in [1.82, 2.24) is 10.6 Å². The number of nitrogens with one attached hydrogen (secondary N) is 2. The molecular formula is C17H26BrClN2O2. The molecule has 130 valence electrons. The van der Waals surface area contributed by atoms with E-state index in [2.05, 4.69) is 32.6 Å². The summed E-state index contributed by atoms with van der Waals surface area (Å²) in [5.41, 5.74) is 1.20. The first-order valence-corrected chi connectivity index (χ1v) is 8.94. The lowest BCUT2D eigenvalue weighted by Crippen LogP contribution is -2.50. The van der Waals surface area contributed by atoms with Gasteiger partial charge in [-0.05, 0) is 37.0 Å². The number of halogens is 2. The monoisotopic (exact) mass is 404 g/mol. The fourth-order valence-corrected chi connectivity index (χ4v) is 4.12. The van der Waals surface area contributed by atoms with E-state index >= 15 is 0 Å². The Balaban J connectivity index is 0.00000192. The first kappa shape index (κ1) is 19.0. The third kappa shape index (κ3) is 4.83. The molecule has 0 amide bonds. The number of ether oxygens (including phenoxy) is 2. The number of methoxy groups -OCH3 is 1. The smallest absolute Gasteiger partial charge is 0.123 e. The van der Waals surface area contributed by atoms with Crippen LogP contribution in [0.2, 0.25) is 0 Å². The van der Waals surface area contributed by atoms with Gasteiger partial charge in [-0.3, -0.25) is 0 Å². The molecule has 3 unspecified atom stereocenters. The molecule has 1 aromatic carbocycles. The van der Waals surface area contributed by atoms with E-state index in [1.807, 2.05) is 12.1 Å². The Morgan fingerprint density at radius 3 is 3.00 bits per heavy atom. The van der Waals surface area contributed by atoms with Crippen molar-refractivity contribution in [2.24, 2.45) is 5.92 Å². The van der Waals surface area contributed by atoms with Gasteiger partial charge in [0.05, 0.1) is 20.3 Å². The summed E-state index contributed by atoms with van der Waals surface area (Å²) in [6.45, 7) is 3.52. The number of morpholine rings is 1. The number of rotatable bonds is 5. The Morgan fingerprint density at radius 2 is 2.26 bits per heavy atom. The zero-order valence-electron chi connectivity index (χ0n) is 13.5. The van der Waals surface area contributed by atoms with E-state index in [0.717, 1.165) is 36.5 Å². The van der Waals surface area contributed by atoms with Crippen molar-refractivity contribution in [3.63, 3.8) is 0 Å². The molecule has 1 saturated carbocycles. The van der Waals surface area contributed by atoms with Crippen LogP contribution in [-0.2, 0) is 11.3 Å².